The number of hydrogen-bond donors (Lipinski definition) is 3. The van der Waals surface area contributed by atoms with E-state index in [4.69, 9.17) is 10.2 Å². The van der Waals surface area contributed by atoms with Gasteiger partial charge in [-0.05, 0) is 25.4 Å². The molecule has 0 rings (SSSR count). The van der Waals surface area contributed by atoms with Gasteiger partial charge in [-0.3, -0.25) is 4.79 Å². The average Bonchev–Trinajstić information content (AvgIpc) is 2.10. The van der Waals surface area contributed by atoms with Gasteiger partial charge in [-0.1, -0.05) is 0 Å². The molecule has 0 spiro atoms. The number of aliphatic carboxylic acids is 1. The molecule has 0 aromatic carbocycles. The van der Waals surface area contributed by atoms with Crippen LogP contribution < -0.4 is 5.32 Å². The van der Waals surface area contributed by atoms with Gasteiger partial charge in [-0.2, -0.15) is 11.8 Å². The van der Waals surface area contributed by atoms with Crippen LogP contribution in [0.3, 0.4) is 0 Å². The lowest BCUT2D eigenvalue weighted by Gasteiger charge is -2.14. The van der Waals surface area contributed by atoms with Crippen molar-refractivity contribution in [1.29, 1.82) is 0 Å². The van der Waals surface area contributed by atoms with Crippen LogP contribution in [0.2, 0.25) is 0 Å². The molecule has 2 unspecified atom stereocenters. The minimum atomic E-state index is -1.17. The van der Waals surface area contributed by atoms with E-state index in [9.17, 15) is 9.59 Å². The maximum Gasteiger partial charge on any atom is 0.326 e. The molecule has 0 heterocycles. The van der Waals surface area contributed by atoms with Crippen molar-refractivity contribution in [3.8, 4) is 0 Å². The van der Waals surface area contributed by atoms with E-state index in [0.717, 1.165) is 0 Å². The van der Waals surface area contributed by atoms with Gasteiger partial charge in [0.25, 0.3) is 0 Å². The van der Waals surface area contributed by atoms with Crippen LogP contribution in [0, 0.1) is 0 Å². The summed E-state index contributed by atoms with van der Waals surface area (Å²) in [5, 5.41) is 19.8. The summed E-state index contributed by atoms with van der Waals surface area (Å²) in [5.74, 6) is -1.08. The zero-order valence-electron chi connectivity index (χ0n) is 8.19. The molecular formula is C8H15NO4S. The minimum Gasteiger partial charge on any atom is -0.480 e. The Bertz CT molecular complexity index is 208. The predicted octanol–water partition coefficient (Wildman–Crippen LogP) is -0.310. The largest absolute Gasteiger partial charge is 0.480 e. The van der Waals surface area contributed by atoms with Crippen molar-refractivity contribution in [1.82, 2.24) is 5.32 Å². The van der Waals surface area contributed by atoms with Crippen molar-refractivity contribution in [3.05, 3.63) is 0 Å². The van der Waals surface area contributed by atoms with Crippen LogP contribution in [-0.4, -0.2) is 46.2 Å². The van der Waals surface area contributed by atoms with Gasteiger partial charge in [-0.25, -0.2) is 4.79 Å². The van der Waals surface area contributed by atoms with Crippen molar-refractivity contribution in [2.75, 3.05) is 12.0 Å². The number of aliphatic hydroxyl groups is 1. The first-order valence-corrected chi connectivity index (χ1v) is 5.58. The van der Waals surface area contributed by atoms with Crippen LogP contribution in [0.4, 0.5) is 0 Å². The van der Waals surface area contributed by atoms with Crippen molar-refractivity contribution in [3.63, 3.8) is 0 Å². The smallest absolute Gasteiger partial charge is 0.326 e. The molecule has 5 nitrogen and oxygen atoms in total. The number of hydrogen-bond acceptors (Lipinski definition) is 4. The van der Waals surface area contributed by atoms with Crippen LogP contribution in [0.15, 0.2) is 0 Å². The van der Waals surface area contributed by atoms with Crippen molar-refractivity contribution in [2.45, 2.75) is 25.5 Å². The third kappa shape index (κ3) is 5.08. The molecule has 0 fully saturated rings. The number of amides is 1. The molecule has 14 heavy (non-hydrogen) atoms. The molecule has 0 aromatic heterocycles. The fourth-order valence-corrected chi connectivity index (χ4v) is 1.26. The summed E-state index contributed by atoms with van der Waals surface area (Å²) in [7, 11) is 0. The molecule has 82 valence electrons. The molecule has 6 heteroatoms. The summed E-state index contributed by atoms with van der Waals surface area (Å²) >= 11 is 1.51. The topological polar surface area (TPSA) is 86.6 Å². The molecule has 0 saturated carbocycles. The van der Waals surface area contributed by atoms with Crippen LogP contribution in [-0.2, 0) is 9.59 Å². The average molecular weight is 221 g/mol. The number of aliphatic hydroxyl groups excluding tert-OH is 1. The van der Waals surface area contributed by atoms with Crippen LogP contribution in [0.5, 0.6) is 0 Å². The van der Waals surface area contributed by atoms with Crippen molar-refractivity contribution >= 4 is 23.6 Å². The van der Waals surface area contributed by atoms with E-state index >= 15 is 0 Å². The monoisotopic (exact) mass is 221 g/mol. The lowest BCUT2D eigenvalue weighted by atomic mass is 10.2. The van der Waals surface area contributed by atoms with Gasteiger partial charge in [-0.15, -0.1) is 0 Å². The summed E-state index contributed by atoms with van der Waals surface area (Å²) < 4.78 is 0. The van der Waals surface area contributed by atoms with Gasteiger partial charge in [0.1, 0.15) is 12.1 Å². The van der Waals surface area contributed by atoms with Crippen molar-refractivity contribution in [2.24, 2.45) is 0 Å². The van der Waals surface area contributed by atoms with E-state index in [0.29, 0.717) is 12.2 Å². The zero-order chi connectivity index (χ0) is 11.1. The summed E-state index contributed by atoms with van der Waals surface area (Å²) in [4.78, 5) is 21.6. The second kappa shape index (κ2) is 6.67. The van der Waals surface area contributed by atoms with E-state index in [2.05, 4.69) is 5.32 Å². The first-order valence-electron chi connectivity index (χ1n) is 4.19. The molecule has 0 saturated heterocycles. The molecule has 2 atom stereocenters. The molecule has 0 radical (unpaired) electrons. The molecule has 0 aromatic rings. The highest BCUT2D eigenvalue weighted by Gasteiger charge is 2.21. The summed E-state index contributed by atoms with van der Waals surface area (Å²) in [5.41, 5.74) is 0. The van der Waals surface area contributed by atoms with Crippen LogP contribution in [0.1, 0.15) is 13.3 Å². The Hall–Kier alpha value is -0.750. The Morgan fingerprint density at radius 1 is 1.50 bits per heavy atom. The lowest BCUT2D eigenvalue weighted by Crippen LogP contribution is -2.45. The number of carbonyl (C=O) groups excluding carboxylic acids is 1. The molecule has 0 aliphatic rings. The number of carboxylic acids is 1. The maximum absolute atomic E-state index is 11.0. The summed E-state index contributed by atoms with van der Waals surface area (Å²) in [6.45, 7) is 1.29. The Kier molecular flexibility index (Phi) is 6.31. The molecule has 3 N–H and O–H groups in total. The fourth-order valence-electron chi connectivity index (χ4n) is 0.785. The lowest BCUT2D eigenvalue weighted by molar-refractivity contribution is -0.143. The van der Waals surface area contributed by atoms with Gasteiger partial charge in [0.05, 0.1) is 0 Å². The first kappa shape index (κ1) is 13.2. The second-order valence-corrected chi connectivity index (χ2v) is 3.84. The molecular weight excluding hydrogens is 206 g/mol. The van der Waals surface area contributed by atoms with Crippen LogP contribution in [0.25, 0.3) is 0 Å². The van der Waals surface area contributed by atoms with E-state index in [1.807, 2.05) is 6.26 Å². The van der Waals surface area contributed by atoms with E-state index < -0.39 is 24.0 Å². The fraction of sp³-hybridized carbons (Fsp3) is 0.750. The molecule has 0 aliphatic carbocycles. The van der Waals surface area contributed by atoms with Crippen LogP contribution >= 0.6 is 11.8 Å². The Labute approximate surface area is 86.9 Å². The minimum absolute atomic E-state index is 0.356. The van der Waals surface area contributed by atoms with Crippen molar-refractivity contribution < 1.29 is 19.8 Å². The summed E-state index contributed by atoms with van der Waals surface area (Å²) in [6.07, 6.45) is 1.04. The Morgan fingerprint density at radius 3 is 2.43 bits per heavy atom. The number of nitrogens with one attached hydrogen (secondary N) is 1. The third-order valence-corrected chi connectivity index (χ3v) is 2.25. The number of carbonyl (C=O) groups is 2. The highest BCUT2D eigenvalue weighted by atomic mass is 32.2. The van der Waals surface area contributed by atoms with E-state index in [1.165, 1.54) is 18.7 Å². The van der Waals surface area contributed by atoms with E-state index in [1.54, 1.807) is 0 Å². The SMILES string of the molecule is CSCCC(NC(=O)C(C)O)C(=O)O. The van der Waals surface area contributed by atoms with E-state index in [-0.39, 0.29) is 0 Å². The quantitative estimate of drug-likeness (QED) is 0.572. The zero-order valence-corrected chi connectivity index (χ0v) is 9.00. The highest BCUT2D eigenvalue weighted by Crippen LogP contribution is 2.01. The maximum atomic E-state index is 11.0. The molecule has 1 amide bonds. The summed E-state index contributed by atoms with van der Waals surface area (Å²) in [6, 6.07) is -0.912. The predicted molar refractivity (Wildman–Crippen MR) is 54.2 cm³/mol. The molecule has 0 aliphatic heterocycles. The normalized spacial score (nSPS) is 14.5. The highest BCUT2D eigenvalue weighted by molar-refractivity contribution is 7.98. The van der Waals surface area contributed by atoms with Gasteiger partial charge in [0.15, 0.2) is 0 Å². The standard InChI is InChI=1S/C8H15NO4S/c1-5(10)7(11)9-6(8(12)13)3-4-14-2/h5-6,10H,3-4H2,1-2H3,(H,9,11)(H,12,13). The molecule has 0 bridgehead atoms. The number of rotatable bonds is 6. The van der Waals surface area contributed by atoms with Gasteiger partial charge in [0, 0.05) is 0 Å². The van der Waals surface area contributed by atoms with Gasteiger partial charge < -0.3 is 15.5 Å². The number of carboxylic acid groups (broad SMARTS) is 1. The van der Waals surface area contributed by atoms with Gasteiger partial charge >= 0.3 is 5.97 Å². The first-order chi connectivity index (χ1) is 6.49. The third-order valence-electron chi connectivity index (χ3n) is 1.60. The number of thioether (sulfide) groups is 1. The second-order valence-electron chi connectivity index (χ2n) is 2.86. The Morgan fingerprint density at radius 2 is 2.07 bits per heavy atom. The van der Waals surface area contributed by atoms with Gasteiger partial charge in [0.2, 0.25) is 5.91 Å². The Balaban J connectivity index is 4.09.